The van der Waals surface area contributed by atoms with Gasteiger partial charge in [0.2, 0.25) is 5.91 Å². The molecule has 0 aliphatic carbocycles. The topological polar surface area (TPSA) is 45.0 Å². The standard InChI is InChI=1S/C20H20FN3OS/c1-3-18-19(25)24(13-16-8-10-17(21)11-9-16)20(26-18)23-22-12-15-6-4-14(2)5-7-15/h4-12,18H,3,13H2,1-2H3/b22-12-,23-20-/t18-/m0/s1. The average molecular weight is 369 g/mol. The maximum Gasteiger partial charge on any atom is 0.242 e. The first-order valence-electron chi connectivity index (χ1n) is 8.47. The van der Waals surface area contributed by atoms with Crippen molar-refractivity contribution in [1.29, 1.82) is 0 Å². The summed E-state index contributed by atoms with van der Waals surface area (Å²) in [6, 6.07) is 14.1. The first-order chi connectivity index (χ1) is 12.6. The van der Waals surface area contributed by atoms with Gasteiger partial charge < -0.3 is 0 Å². The molecule has 2 aromatic carbocycles. The van der Waals surface area contributed by atoms with Crippen LogP contribution in [-0.2, 0) is 11.3 Å². The highest BCUT2D eigenvalue weighted by molar-refractivity contribution is 8.15. The Balaban J connectivity index is 1.78. The van der Waals surface area contributed by atoms with Crippen molar-refractivity contribution >= 4 is 29.1 Å². The van der Waals surface area contributed by atoms with Crippen LogP contribution in [0.3, 0.4) is 0 Å². The maximum atomic E-state index is 13.1. The lowest BCUT2D eigenvalue weighted by Gasteiger charge is -2.15. The molecule has 1 fully saturated rings. The minimum Gasteiger partial charge on any atom is -0.284 e. The van der Waals surface area contributed by atoms with Crippen LogP contribution in [-0.4, -0.2) is 27.4 Å². The number of amides is 1. The van der Waals surface area contributed by atoms with Gasteiger partial charge in [-0.05, 0) is 36.6 Å². The predicted octanol–water partition coefficient (Wildman–Crippen LogP) is 4.38. The number of carbonyl (C=O) groups excluding carboxylic acids is 1. The van der Waals surface area contributed by atoms with Crippen LogP contribution in [0.5, 0.6) is 0 Å². The number of amidine groups is 1. The van der Waals surface area contributed by atoms with Gasteiger partial charge >= 0.3 is 0 Å². The molecular formula is C20H20FN3OS. The summed E-state index contributed by atoms with van der Waals surface area (Å²) in [5, 5.41) is 8.84. The van der Waals surface area contributed by atoms with Crippen LogP contribution in [0.4, 0.5) is 4.39 Å². The summed E-state index contributed by atoms with van der Waals surface area (Å²) in [7, 11) is 0. The summed E-state index contributed by atoms with van der Waals surface area (Å²) in [6.45, 7) is 4.37. The third-order valence-corrected chi connectivity index (χ3v) is 5.40. The minimum absolute atomic E-state index is 0.0195. The normalized spacial score (nSPS) is 19.0. The average Bonchev–Trinajstić information content (AvgIpc) is 2.94. The van der Waals surface area contributed by atoms with E-state index in [0.29, 0.717) is 11.7 Å². The molecule has 26 heavy (non-hydrogen) atoms. The number of aryl methyl sites for hydroxylation is 1. The summed E-state index contributed by atoms with van der Waals surface area (Å²) in [5.41, 5.74) is 2.99. The minimum atomic E-state index is -0.293. The molecule has 0 saturated carbocycles. The van der Waals surface area contributed by atoms with Crippen LogP contribution in [0, 0.1) is 12.7 Å². The van der Waals surface area contributed by atoms with E-state index in [9.17, 15) is 9.18 Å². The Hall–Kier alpha value is -2.47. The molecule has 1 heterocycles. The second-order valence-corrected chi connectivity index (χ2v) is 7.27. The van der Waals surface area contributed by atoms with E-state index in [0.717, 1.165) is 17.5 Å². The van der Waals surface area contributed by atoms with Crippen LogP contribution in [0.1, 0.15) is 30.0 Å². The molecule has 0 radical (unpaired) electrons. The van der Waals surface area contributed by atoms with Gasteiger partial charge in [0.05, 0.1) is 18.0 Å². The fraction of sp³-hybridized carbons (Fsp3) is 0.250. The van der Waals surface area contributed by atoms with Gasteiger partial charge in [-0.25, -0.2) is 4.39 Å². The molecule has 1 saturated heterocycles. The van der Waals surface area contributed by atoms with Gasteiger partial charge in [-0.15, -0.1) is 5.10 Å². The van der Waals surface area contributed by atoms with E-state index in [1.807, 2.05) is 38.1 Å². The SMILES string of the molecule is CC[C@@H]1S/C(=N\N=C/c2ccc(C)cc2)N(Cc2ccc(F)cc2)C1=O. The van der Waals surface area contributed by atoms with Crippen LogP contribution in [0.25, 0.3) is 0 Å². The Morgan fingerprint density at radius 3 is 2.50 bits per heavy atom. The van der Waals surface area contributed by atoms with Crippen molar-refractivity contribution in [3.05, 3.63) is 71.0 Å². The fourth-order valence-electron chi connectivity index (χ4n) is 2.56. The van der Waals surface area contributed by atoms with Gasteiger partial charge in [-0.2, -0.15) is 5.10 Å². The summed E-state index contributed by atoms with van der Waals surface area (Å²) in [6.07, 6.45) is 2.40. The van der Waals surface area contributed by atoms with E-state index in [1.165, 1.54) is 29.5 Å². The molecule has 2 aromatic rings. The molecule has 3 rings (SSSR count). The van der Waals surface area contributed by atoms with Crippen molar-refractivity contribution in [2.45, 2.75) is 32.1 Å². The van der Waals surface area contributed by atoms with E-state index in [4.69, 9.17) is 0 Å². The number of thioether (sulfide) groups is 1. The molecule has 1 aliphatic rings. The Bertz CT molecular complexity index is 831. The molecular weight excluding hydrogens is 349 g/mol. The smallest absolute Gasteiger partial charge is 0.242 e. The molecule has 1 amide bonds. The predicted molar refractivity (Wildman–Crippen MR) is 105 cm³/mol. The summed E-state index contributed by atoms with van der Waals surface area (Å²) in [5.74, 6) is -0.273. The first-order valence-corrected chi connectivity index (χ1v) is 9.35. The molecule has 0 unspecified atom stereocenters. The van der Waals surface area contributed by atoms with Gasteiger partial charge in [-0.3, -0.25) is 9.69 Å². The number of carbonyl (C=O) groups is 1. The van der Waals surface area contributed by atoms with Gasteiger partial charge in [0.15, 0.2) is 5.17 Å². The first kappa shape index (κ1) is 18.3. The number of hydrogen-bond donors (Lipinski definition) is 0. The lowest BCUT2D eigenvalue weighted by atomic mass is 10.2. The lowest BCUT2D eigenvalue weighted by molar-refractivity contribution is -0.126. The van der Waals surface area contributed by atoms with Gasteiger partial charge in [0, 0.05) is 0 Å². The Morgan fingerprint density at radius 1 is 1.15 bits per heavy atom. The third-order valence-electron chi connectivity index (χ3n) is 4.07. The van der Waals surface area contributed by atoms with Crippen molar-refractivity contribution in [3.63, 3.8) is 0 Å². The molecule has 1 atom stereocenters. The quantitative estimate of drug-likeness (QED) is 0.580. The fourth-order valence-corrected chi connectivity index (χ4v) is 3.59. The Morgan fingerprint density at radius 2 is 1.85 bits per heavy atom. The summed E-state index contributed by atoms with van der Waals surface area (Å²) < 4.78 is 13.1. The van der Waals surface area contributed by atoms with Crippen molar-refractivity contribution in [1.82, 2.24) is 4.90 Å². The zero-order chi connectivity index (χ0) is 18.5. The molecule has 4 nitrogen and oxygen atoms in total. The second-order valence-electron chi connectivity index (χ2n) is 6.10. The number of rotatable bonds is 5. The molecule has 0 N–H and O–H groups in total. The zero-order valence-corrected chi connectivity index (χ0v) is 15.5. The molecule has 6 heteroatoms. The highest BCUT2D eigenvalue weighted by Crippen LogP contribution is 2.30. The van der Waals surface area contributed by atoms with E-state index in [1.54, 1.807) is 23.2 Å². The highest BCUT2D eigenvalue weighted by atomic mass is 32.2. The molecule has 0 spiro atoms. The van der Waals surface area contributed by atoms with Crippen LogP contribution in [0.15, 0.2) is 58.7 Å². The van der Waals surface area contributed by atoms with E-state index in [2.05, 4.69) is 10.2 Å². The Kier molecular flexibility index (Phi) is 5.83. The molecule has 0 aromatic heterocycles. The Labute approximate surface area is 156 Å². The number of hydrogen-bond acceptors (Lipinski definition) is 4. The molecule has 1 aliphatic heterocycles. The van der Waals surface area contributed by atoms with Crippen LogP contribution >= 0.6 is 11.8 Å². The van der Waals surface area contributed by atoms with Gasteiger partial charge in [0.25, 0.3) is 0 Å². The van der Waals surface area contributed by atoms with Gasteiger partial charge in [-0.1, -0.05) is 60.6 Å². The third kappa shape index (κ3) is 4.38. The number of halogens is 1. The molecule has 134 valence electrons. The second kappa shape index (κ2) is 8.27. The van der Waals surface area contributed by atoms with Crippen molar-refractivity contribution in [2.75, 3.05) is 0 Å². The highest BCUT2D eigenvalue weighted by Gasteiger charge is 2.36. The van der Waals surface area contributed by atoms with Crippen molar-refractivity contribution < 1.29 is 9.18 Å². The summed E-state index contributed by atoms with van der Waals surface area (Å²) in [4.78, 5) is 14.2. The van der Waals surface area contributed by atoms with Crippen molar-refractivity contribution in [2.24, 2.45) is 10.2 Å². The van der Waals surface area contributed by atoms with E-state index < -0.39 is 0 Å². The monoisotopic (exact) mass is 369 g/mol. The van der Waals surface area contributed by atoms with Crippen LogP contribution in [0.2, 0.25) is 0 Å². The van der Waals surface area contributed by atoms with E-state index >= 15 is 0 Å². The van der Waals surface area contributed by atoms with E-state index in [-0.39, 0.29) is 17.0 Å². The lowest BCUT2D eigenvalue weighted by Crippen LogP contribution is -2.31. The maximum absolute atomic E-state index is 13.1. The number of nitrogens with zero attached hydrogens (tertiary/aromatic N) is 3. The van der Waals surface area contributed by atoms with Crippen molar-refractivity contribution in [3.8, 4) is 0 Å². The zero-order valence-electron chi connectivity index (χ0n) is 14.7. The summed E-state index contributed by atoms with van der Waals surface area (Å²) >= 11 is 1.43. The molecule has 0 bridgehead atoms. The number of benzene rings is 2. The van der Waals surface area contributed by atoms with Gasteiger partial charge in [0.1, 0.15) is 5.82 Å². The largest absolute Gasteiger partial charge is 0.284 e. The van der Waals surface area contributed by atoms with Crippen LogP contribution < -0.4 is 0 Å².